The van der Waals surface area contributed by atoms with Crippen LogP contribution >= 0.6 is 0 Å². The van der Waals surface area contributed by atoms with Crippen molar-refractivity contribution < 1.29 is 21.9 Å². The molecule has 0 saturated heterocycles. The van der Waals surface area contributed by atoms with Crippen LogP contribution in [0.3, 0.4) is 0 Å². The molecule has 0 atom stereocenters. The van der Waals surface area contributed by atoms with Gasteiger partial charge in [0.2, 0.25) is 9.84 Å². The van der Waals surface area contributed by atoms with Gasteiger partial charge in [0, 0.05) is 5.69 Å². The molecule has 2 aromatic carbocycles. The summed E-state index contributed by atoms with van der Waals surface area (Å²) in [5, 5.41) is 0. The molecule has 0 saturated carbocycles. The summed E-state index contributed by atoms with van der Waals surface area (Å²) in [6, 6.07) is 9.89. The van der Waals surface area contributed by atoms with Gasteiger partial charge < -0.3 is 10.5 Å². The molecule has 0 aliphatic rings. The lowest BCUT2D eigenvalue weighted by molar-refractivity contribution is 0.234. The average Bonchev–Trinajstić information content (AvgIpc) is 2.42. The van der Waals surface area contributed by atoms with E-state index in [1.165, 1.54) is 12.1 Å². The number of hydrogen-bond acceptors (Lipinski definition) is 4. The number of ether oxygens (including phenoxy) is 1. The smallest absolute Gasteiger partial charge is 0.341 e. The number of aryl methyl sites for hydroxylation is 1. The third-order valence-electron chi connectivity index (χ3n) is 2.81. The predicted octanol–water partition coefficient (Wildman–Crippen LogP) is 3.37. The minimum absolute atomic E-state index is 0.344. The van der Waals surface area contributed by atoms with Gasteiger partial charge in [-0.2, -0.15) is 8.78 Å². The van der Waals surface area contributed by atoms with E-state index in [0.29, 0.717) is 17.2 Å². The molecule has 0 spiro atoms. The molecule has 2 N–H and O–H groups in total. The van der Waals surface area contributed by atoms with Crippen LogP contribution in [0.15, 0.2) is 47.4 Å². The van der Waals surface area contributed by atoms with Crippen LogP contribution < -0.4 is 10.5 Å². The molecule has 0 amide bonds. The molecular formula is C14H13F2NO3S. The van der Waals surface area contributed by atoms with E-state index in [1.807, 2.05) is 0 Å². The maximum atomic E-state index is 12.4. The van der Waals surface area contributed by atoms with Crippen LogP contribution in [0.4, 0.5) is 14.5 Å². The highest BCUT2D eigenvalue weighted by Gasteiger charge is 2.26. The molecule has 0 unspecified atom stereocenters. The van der Waals surface area contributed by atoms with Crippen molar-refractivity contribution in [1.29, 1.82) is 0 Å². The molecule has 0 aliphatic heterocycles. The fourth-order valence-electron chi connectivity index (χ4n) is 1.71. The van der Waals surface area contributed by atoms with E-state index in [1.54, 1.807) is 25.1 Å². The number of alkyl halides is 2. The third-order valence-corrected chi connectivity index (χ3v) is 4.21. The van der Waals surface area contributed by atoms with E-state index < -0.39 is 20.5 Å². The van der Waals surface area contributed by atoms with Crippen molar-refractivity contribution in [3.05, 3.63) is 48.0 Å². The Balaban J connectivity index is 2.24. The van der Waals surface area contributed by atoms with Crippen LogP contribution in [-0.2, 0) is 9.84 Å². The SMILES string of the molecule is Cc1cc(N)ccc1Oc1ccc(S(=O)(=O)C(F)F)cc1. The van der Waals surface area contributed by atoms with Crippen LogP contribution in [0.5, 0.6) is 11.5 Å². The van der Waals surface area contributed by atoms with Crippen LogP contribution in [0.2, 0.25) is 0 Å². The fraction of sp³-hybridized carbons (Fsp3) is 0.143. The number of halogens is 2. The van der Waals surface area contributed by atoms with Gasteiger partial charge in [0.1, 0.15) is 11.5 Å². The molecule has 2 rings (SSSR count). The number of nitrogen functional groups attached to an aromatic ring is 1. The largest absolute Gasteiger partial charge is 0.457 e. The van der Waals surface area contributed by atoms with Crippen molar-refractivity contribution in [3.8, 4) is 11.5 Å². The summed E-state index contributed by atoms with van der Waals surface area (Å²) in [6.07, 6.45) is 0. The number of rotatable bonds is 4. The van der Waals surface area contributed by atoms with E-state index in [4.69, 9.17) is 10.5 Å². The molecule has 0 aliphatic carbocycles. The van der Waals surface area contributed by atoms with Crippen molar-refractivity contribution in [2.24, 2.45) is 0 Å². The summed E-state index contributed by atoms with van der Waals surface area (Å²) < 4.78 is 52.9. The van der Waals surface area contributed by atoms with Gasteiger partial charge in [0.05, 0.1) is 4.90 Å². The molecule has 0 heterocycles. The summed E-state index contributed by atoms with van der Waals surface area (Å²) >= 11 is 0. The third kappa shape index (κ3) is 3.30. The van der Waals surface area contributed by atoms with E-state index >= 15 is 0 Å². The molecule has 0 radical (unpaired) electrons. The summed E-state index contributed by atoms with van der Waals surface area (Å²) in [7, 11) is -4.59. The average molecular weight is 313 g/mol. The lowest BCUT2D eigenvalue weighted by Gasteiger charge is -2.10. The maximum absolute atomic E-state index is 12.4. The van der Waals surface area contributed by atoms with Crippen LogP contribution in [0.25, 0.3) is 0 Å². The first kappa shape index (κ1) is 15.2. The van der Waals surface area contributed by atoms with E-state index in [9.17, 15) is 17.2 Å². The number of hydrogen-bond donors (Lipinski definition) is 1. The van der Waals surface area contributed by atoms with Crippen molar-refractivity contribution in [1.82, 2.24) is 0 Å². The summed E-state index contributed by atoms with van der Waals surface area (Å²) in [6.45, 7) is 1.81. The highest BCUT2D eigenvalue weighted by molar-refractivity contribution is 7.91. The number of anilines is 1. The fourth-order valence-corrected chi connectivity index (χ4v) is 2.44. The number of nitrogens with two attached hydrogens (primary N) is 1. The minimum Gasteiger partial charge on any atom is -0.457 e. The maximum Gasteiger partial charge on any atom is 0.341 e. The lowest BCUT2D eigenvalue weighted by atomic mass is 10.2. The first-order chi connectivity index (χ1) is 9.80. The van der Waals surface area contributed by atoms with Gasteiger partial charge in [-0.05, 0) is 55.0 Å². The first-order valence-corrected chi connectivity index (χ1v) is 7.51. The predicted molar refractivity (Wildman–Crippen MR) is 75.3 cm³/mol. The second-order valence-electron chi connectivity index (χ2n) is 4.40. The molecule has 2 aromatic rings. The second kappa shape index (κ2) is 5.69. The Labute approximate surface area is 121 Å². The van der Waals surface area contributed by atoms with Crippen molar-refractivity contribution in [3.63, 3.8) is 0 Å². The van der Waals surface area contributed by atoms with Gasteiger partial charge in [0.15, 0.2) is 0 Å². The first-order valence-electron chi connectivity index (χ1n) is 5.97. The zero-order valence-corrected chi connectivity index (χ0v) is 11.9. The van der Waals surface area contributed by atoms with Gasteiger partial charge in [-0.1, -0.05) is 0 Å². The highest BCUT2D eigenvalue weighted by Crippen LogP contribution is 2.28. The van der Waals surface area contributed by atoms with Gasteiger partial charge in [0.25, 0.3) is 0 Å². The summed E-state index contributed by atoms with van der Waals surface area (Å²) in [4.78, 5) is -0.445. The van der Waals surface area contributed by atoms with Gasteiger partial charge >= 0.3 is 5.76 Å². The molecule has 0 fully saturated rings. The zero-order valence-electron chi connectivity index (χ0n) is 11.1. The van der Waals surface area contributed by atoms with Gasteiger partial charge in [-0.25, -0.2) is 8.42 Å². The Bertz CT molecular complexity index is 743. The van der Waals surface area contributed by atoms with Gasteiger partial charge in [-0.3, -0.25) is 0 Å². The van der Waals surface area contributed by atoms with Crippen molar-refractivity contribution >= 4 is 15.5 Å². The molecule has 21 heavy (non-hydrogen) atoms. The zero-order chi connectivity index (χ0) is 15.6. The minimum atomic E-state index is -4.59. The number of benzene rings is 2. The van der Waals surface area contributed by atoms with Crippen molar-refractivity contribution in [2.45, 2.75) is 17.6 Å². The molecule has 0 bridgehead atoms. The highest BCUT2D eigenvalue weighted by atomic mass is 32.2. The van der Waals surface area contributed by atoms with Crippen LogP contribution in [0, 0.1) is 6.92 Å². The summed E-state index contributed by atoms with van der Waals surface area (Å²) in [5.41, 5.74) is 7.02. The topological polar surface area (TPSA) is 69.4 Å². The van der Waals surface area contributed by atoms with Gasteiger partial charge in [-0.15, -0.1) is 0 Å². The Hall–Kier alpha value is -2.15. The van der Waals surface area contributed by atoms with E-state index in [-0.39, 0.29) is 0 Å². The molecular weight excluding hydrogens is 300 g/mol. The Morgan fingerprint density at radius 3 is 2.24 bits per heavy atom. The van der Waals surface area contributed by atoms with E-state index in [0.717, 1.165) is 17.7 Å². The number of sulfone groups is 1. The molecule has 112 valence electrons. The quantitative estimate of drug-likeness (QED) is 0.879. The summed E-state index contributed by atoms with van der Waals surface area (Å²) in [5.74, 6) is -2.55. The second-order valence-corrected chi connectivity index (χ2v) is 6.32. The van der Waals surface area contributed by atoms with Crippen LogP contribution in [-0.4, -0.2) is 14.2 Å². The molecule has 0 aromatic heterocycles. The molecule has 4 nitrogen and oxygen atoms in total. The Kier molecular flexibility index (Phi) is 4.13. The van der Waals surface area contributed by atoms with Crippen LogP contribution in [0.1, 0.15) is 5.56 Å². The standard InChI is InChI=1S/C14H13F2NO3S/c1-9-8-10(17)2-7-13(9)20-11-3-5-12(6-4-11)21(18,19)14(15)16/h2-8,14H,17H2,1H3. The van der Waals surface area contributed by atoms with Crippen molar-refractivity contribution in [2.75, 3.05) is 5.73 Å². The van der Waals surface area contributed by atoms with E-state index in [2.05, 4.69) is 0 Å². The Morgan fingerprint density at radius 1 is 1.10 bits per heavy atom. The normalized spacial score (nSPS) is 11.6. The monoisotopic (exact) mass is 313 g/mol. The lowest BCUT2D eigenvalue weighted by Crippen LogP contribution is -2.11. The molecule has 7 heteroatoms. The Morgan fingerprint density at radius 2 is 1.71 bits per heavy atom.